The fourth-order valence-electron chi connectivity index (χ4n) is 8.37. The van der Waals surface area contributed by atoms with Gasteiger partial charge in [-0.05, 0) is 83.5 Å². The van der Waals surface area contributed by atoms with Crippen molar-refractivity contribution < 1.29 is 28.6 Å². The van der Waals surface area contributed by atoms with Gasteiger partial charge in [-0.2, -0.15) is 0 Å². The van der Waals surface area contributed by atoms with E-state index in [4.69, 9.17) is 14.2 Å². The van der Waals surface area contributed by atoms with Gasteiger partial charge >= 0.3 is 17.9 Å². The van der Waals surface area contributed by atoms with Crippen LogP contribution in [0.2, 0.25) is 0 Å². The molecule has 0 N–H and O–H groups in total. The molecule has 0 aromatic carbocycles. The first-order valence-corrected chi connectivity index (χ1v) is 29.3. The van der Waals surface area contributed by atoms with Gasteiger partial charge in [0.15, 0.2) is 6.10 Å². The van der Waals surface area contributed by atoms with Gasteiger partial charge in [-0.25, -0.2) is 0 Å². The molecule has 0 radical (unpaired) electrons. The average Bonchev–Trinajstić information content (AvgIpc) is 3.34. The first kappa shape index (κ1) is 65.1. The van der Waals surface area contributed by atoms with Crippen LogP contribution in [0.15, 0.2) is 60.8 Å². The smallest absolute Gasteiger partial charge is 0.306 e. The second-order valence-corrected chi connectivity index (χ2v) is 19.5. The SMILES string of the molecule is CC/C=C\C/C=C\C/C=C\CCCCCCCC(=O)OC(COC(=O)CCCCCCCCCC)COC(=O)CCCCCCCCCCCCCCCCC/C=C\C/C=C\CCCCCCC. The summed E-state index contributed by atoms with van der Waals surface area (Å²) in [6.45, 7) is 6.50. The van der Waals surface area contributed by atoms with Gasteiger partial charge in [-0.3, -0.25) is 14.4 Å². The topological polar surface area (TPSA) is 78.9 Å². The highest BCUT2D eigenvalue weighted by atomic mass is 16.6. The summed E-state index contributed by atoms with van der Waals surface area (Å²) in [5, 5.41) is 0. The standard InChI is InChI=1S/C62H110O6/c1-4-7-10-13-16-19-21-23-25-26-27-28-29-30-31-32-33-34-35-36-38-39-41-43-46-49-52-55-61(64)67-58-59(57-66-60(63)54-51-48-45-18-15-12-9-6-3)68-62(65)56-53-50-47-44-42-40-37-24-22-20-17-14-11-8-5-2/h8,11,17,20-21,23-24,26-27,37,59H,4-7,9-10,12-16,18-19,22,25,28-36,38-58H2,1-3H3/b11-8-,20-17-,23-21-,27-26-,37-24-. The van der Waals surface area contributed by atoms with Gasteiger partial charge in [0.25, 0.3) is 0 Å². The Balaban J connectivity index is 4.13. The molecule has 0 aliphatic heterocycles. The highest BCUT2D eigenvalue weighted by Gasteiger charge is 2.19. The van der Waals surface area contributed by atoms with E-state index in [9.17, 15) is 14.4 Å². The Bertz CT molecular complexity index is 1230. The van der Waals surface area contributed by atoms with Crippen molar-refractivity contribution in [3.8, 4) is 0 Å². The Morgan fingerprint density at radius 3 is 0.897 bits per heavy atom. The van der Waals surface area contributed by atoms with E-state index in [0.29, 0.717) is 19.3 Å². The third kappa shape index (κ3) is 54.1. The van der Waals surface area contributed by atoms with Crippen LogP contribution in [-0.4, -0.2) is 37.2 Å². The molecular formula is C62H110O6. The van der Waals surface area contributed by atoms with E-state index in [2.05, 4.69) is 81.5 Å². The van der Waals surface area contributed by atoms with Crippen LogP contribution in [-0.2, 0) is 28.6 Å². The number of allylic oxidation sites excluding steroid dienone is 10. The Morgan fingerprint density at radius 2 is 0.574 bits per heavy atom. The van der Waals surface area contributed by atoms with Crippen molar-refractivity contribution in [2.45, 2.75) is 303 Å². The molecule has 0 heterocycles. The third-order valence-corrected chi connectivity index (χ3v) is 12.8. The zero-order chi connectivity index (χ0) is 49.3. The van der Waals surface area contributed by atoms with E-state index in [0.717, 1.165) is 103 Å². The number of ether oxygens (including phenoxy) is 3. The molecule has 0 bridgehead atoms. The van der Waals surface area contributed by atoms with Gasteiger partial charge in [0.05, 0.1) is 0 Å². The maximum Gasteiger partial charge on any atom is 0.306 e. The first-order chi connectivity index (χ1) is 33.5. The fourth-order valence-corrected chi connectivity index (χ4v) is 8.37. The van der Waals surface area contributed by atoms with E-state index in [-0.39, 0.29) is 31.1 Å². The number of carbonyl (C=O) groups is 3. The molecule has 0 saturated carbocycles. The zero-order valence-electron chi connectivity index (χ0n) is 45.1. The maximum atomic E-state index is 12.8. The molecule has 0 saturated heterocycles. The Morgan fingerprint density at radius 1 is 0.309 bits per heavy atom. The molecular weight excluding hydrogens is 841 g/mol. The molecule has 68 heavy (non-hydrogen) atoms. The molecule has 6 nitrogen and oxygen atoms in total. The minimum absolute atomic E-state index is 0.0789. The lowest BCUT2D eigenvalue weighted by Crippen LogP contribution is -2.30. The van der Waals surface area contributed by atoms with Crippen LogP contribution in [0.25, 0.3) is 0 Å². The average molecular weight is 952 g/mol. The van der Waals surface area contributed by atoms with Crippen LogP contribution in [0.3, 0.4) is 0 Å². The van der Waals surface area contributed by atoms with Crippen molar-refractivity contribution >= 4 is 17.9 Å². The molecule has 0 amide bonds. The van der Waals surface area contributed by atoms with Crippen molar-refractivity contribution in [2.75, 3.05) is 13.2 Å². The van der Waals surface area contributed by atoms with Crippen molar-refractivity contribution in [1.29, 1.82) is 0 Å². The summed E-state index contributed by atoms with van der Waals surface area (Å²) in [6.07, 6.45) is 71.0. The highest BCUT2D eigenvalue weighted by Crippen LogP contribution is 2.16. The minimum atomic E-state index is -0.779. The second-order valence-electron chi connectivity index (χ2n) is 19.5. The van der Waals surface area contributed by atoms with E-state index in [1.165, 1.54) is 154 Å². The molecule has 1 atom stereocenters. The molecule has 1 unspecified atom stereocenters. The summed E-state index contributed by atoms with van der Waals surface area (Å²) >= 11 is 0. The summed E-state index contributed by atoms with van der Waals surface area (Å²) in [5.41, 5.74) is 0. The molecule has 6 heteroatoms. The molecule has 0 aromatic heterocycles. The van der Waals surface area contributed by atoms with Crippen LogP contribution in [0.4, 0.5) is 0 Å². The highest BCUT2D eigenvalue weighted by molar-refractivity contribution is 5.71. The van der Waals surface area contributed by atoms with Crippen molar-refractivity contribution in [3.05, 3.63) is 60.8 Å². The lowest BCUT2D eigenvalue weighted by Gasteiger charge is -2.18. The summed E-state index contributed by atoms with van der Waals surface area (Å²) in [7, 11) is 0. The second kappa shape index (κ2) is 56.7. The van der Waals surface area contributed by atoms with Crippen LogP contribution >= 0.6 is 0 Å². The number of hydrogen-bond donors (Lipinski definition) is 0. The normalized spacial score (nSPS) is 12.5. The molecule has 0 aliphatic carbocycles. The predicted octanol–water partition coefficient (Wildman–Crippen LogP) is 19.6. The maximum absolute atomic E-state index is 12.8. The molecule has 0 aromatic rings. The van der Waals surface area contributed by atoms with Crippen LogP contribution < -0.4 is 0 Å². The summed E-state index contributed by atoms with van der Waals surface area (Å²) < 4.78 is 16.8. The van der Waals surface area contributed by atoms with E-state index in [1.54, 1.807) is 0 Å². The number of rotatable bonds is 53. The van der Waals surface area contributed by atoms with E-state index >= 15 is 0 Å². The molecule has 0 rings (SSSR count). The molecule has 0 fully saturated rings. The van der Waals surface area contributed by atoms with E-state index in [1.807, 2.05) is 0 Å². The fraction of sp³-hybridized carbons (Fsp3) is 0.790. The molecule has 394 valence electrons. The van der Waals surface area contributed by atoms with Gasteiger partial charge < -0.3 is 14.2 Å². The van der Waals surface area contributed by atoms with Gasteiger partial charge in [0, 0.05) is 19.3 Å². The number of carbonyl (C=O) groups excluding carboxylic acids is 3. The summed E-state index contributed by atoms with van der Waals surface area (Å²) in [5.74, 6) is -0.891. The first-order valence-electron chi connectivity index (χ1n) is 29.3. The number of hydrogen-bond acceptors (Lipinski definition) is 6. The van der Waals surface area contributed by atoms with Crippen LogP contribution in [0.1, 0.15) is 297 Å². The van der Waals surface area contributed by atoms with Crippen molar-refractivity contribution in [1.82, 2.24) is 0 Å². The van der Waals surface area contributed by atoms with Crippen LogP contribution in [0.5, 0.6) is 0 Å². The minimum Gasteiger partial charge on any atom is -0.462 e. The van der Waals surface area contributed by atoms with E-state index < -0.39 is 6.10 Å². The Hall–Kier alpha value is -2.89. The van der Waals surface area contributed by atoms with Gasteiger partial charge in [-0.1, -0.05) is 255 Å². The number of esters is 3. The third-order valence-electron chi connectivity index (χ3n) is 12.8. The summed E-state index contributed by atoms with van der Waals surface area (Å²) in [4.78, 5) is 38.0. The lowest BCUT2D eigenvalue weighted by molar-refractivity contribution is -0.167. The Labute approximate surface area is 421 Å². The molecule has 0 spiro atoms. The molecule has 0 aliphatic rings. The Kier molecular flexibility index (Phi) is 54.3. The largest absolute Gasteiger partial charge is 0.462 e. The van der Waals surface area contributed by atoms with Gasteiger partial charge in [0.2, 0.25) is 0 Å². The van der Waals surface area contributed by atoms with Crippen LogP contribution in [0, 0.1) is 0 Å². The lowest BCUT2D eigenvalue weighted by atomic mass is 10.0. The van der Waals surface area contributed by atoms with Gasteiger partial charge in [-0.15, -0.1) is 0 Å². The zero-order valence-corrected chi connectivity index (χ0v) is 45.1. The quantitative estimate of drug-likeness (QED) is 0.0262. The van der Waals surface area contributed by atoms with Crippen molar-refractivity contribution in [2.24, 2.45) is 0 Å². The van der Waals surface area contributed by atoms with Crippen molar-refractivity contribution in [3.63, 3.8) is 0 Å². The van der Waals surface area contributed by atoms with Gasteiger partial charge in [0.1, 0.15) is 13.2 Å². The predicted molar refractivity (Wildman–Crippen MR) is 293 cm³/mol. The number of unbranched alkanes of at least 4 members (excludes halogenated alkanes) is 32. The monoisotopic (exact) mass is 951 g/mol. The summed E-state index contributed by atoms with van der Waals surface area (Å²) in [6, 6.07) is 0.